The highest BCUT2D eigenvalue weighted by molar-refractivity contribution is 8.38. The van der Waals surface area contributed by atoms with Gasteiger partial charge in [-0.1, -0.05) is 59.9 Å². The zero-order valence-corrected chi connectivity index (χ0v) is 17.8. The van der Waals surface area contributed by atoms with Crippen molar-refractivity contribution in [2.24, 2.45) is 4.99 Å². The second kappa shape index (κ2) is 9.33. The summed E-state index contributed by atoms with van der Waals surface area (Å²) in [6.07, 6.45) is 3.78. The Hall–Kier alpha value is -2.51. The number of para-hydroxylation sites is 1. The quantitative estimate of drug-likeness (QED) is 0.588. The van der Waals surface area contributed by atoms with E-state index in [9.17, 15) is 4.79 Å². The van der Waals surface area contributed by atoms with Crippen LogP contribution in [0.25, 0.3) is 5.69 Å². The third-order valence-corrected chi connectivity index (χ3v) is 6.88. The van der Waals surface area contributed by atoms with Crippen LogP contribution in [0, 0.1) is 0 Å². The molecule has 148 valence electrons. The molecule has 0 N–H and O–H groups in total. The molecule has 1 aromatic heterocycles. The van der Waals surface area contributed by atoms with Crippen LogP contribution in [0.5, 0.6) is 0 Å². The lowest BCUT2D eigenvalue weighted by molar-refractivity contribution is 0.0784. The first-order valence-electron chi connectivity index (χ1n) is 9.43. The number of thioether (sulfide) groups is 2. The van der Waals surface area contributed by atoms with Gasteiger partial charge in [0.25, 0.3) is 5.91 Å². The van der Waals surface area contributed by atoms with Gasteiger partial charge in [0.2, 0.25) is 0 Å². The highest BCUT2D eigenvalue weighted by Crippen LogP contribution is 2.27. The van der Waals surface area contributed by atoms with Crippen molar-refractivity contribution in [3.63, 3.8) is 0 Å². The standard InChI is InChI=1S/C22H22N4OS2/c1-25(14-17-13-24-26(15-17)19-8-3-2-4-9-19)21(27)20-10-6-5-7-18(20)16-29-22-23-11-12-28-22/h2-10,13,15H,11-12,14,16H2,1H3. The van der Waals surface area contributed by atoms with Gasteiger partial charge < -0.3 is 4.90 Å². The van der Waals surface area contributed by atoms with Gasteiger partial charge in [0, 0.05) is 42.4 Å². The second-order valence-corrected chi connectivity index (χ2v) is 9.04. The smallest absolute Gasteiger partial charge is 0.254 e. The number of hydrogen-bond acceptors (Lipinski definition) is 5. The normalized spacial score (nSPS) is 13.3. The molecule has 3 aromatic rings. The van der Waals surface area contributed by atoms with E-state index in [-0.39, 0.29) is 5.91 Å². The van der Waals surface area contributed by atoms with Crippen LogP contribution >= 0.6 is 23.5 Å². The average Bonchev–Trinajstić information content (AvgIpc) is 3.45. The number of rotatable bonds is 6. The first-order valence-corrected chi connectivity index (χ1v) is 11.4. The highest BCUT2D eigenvalue weighted by atomic mass is 32.2. The number of aliphatic imine (C=N–C) groups is 1. The van der Waals surface area contributed by atoms with Crippen molar-refractivity contribution < 1.29 is 4.79 Å². The topological polar surface area (TPSA) is 50.5 Å². The van der Waals surface area contributed by atoms with Crippen LogP contribution in [0.3, 0.4) is 0 Å². The summed E-state index contributed by atoms with van der Waals surface area (Å²) in [5.74, 6) is 1.84. The van der Waals surface area contributed by atoms with Crippen molar-refractivity contribution in [2.45, 2.75) is 12.3 Å². The van der Waals surface area contributed by atoms with Crippen LogP contribution in [-0.4, -0.2) is 44.3 Å². The lowest BCUT2D eigenvalue weighted by Crippen LogP contribution is -2.27. The minimum Gasteiger partial charge on any atom is -0.337 e. The monoisotopic (exact) mass is 422 g/mol. The number of carbonyl (C=O) groups is 1. The van der Waals surface area contributed by atoms with E-state index in [1.54, 1.807) is 28.4 Å². The Morgan fingerprint density at radius 1 is 1.17 bits per heavy atom. The molecule has 29 heavy (non-hydrogen) atoms. The van der Waals surface area contributed by atoms with E-state index in [0.29, 0.717) is 6.54 Å². The van der Waals surface area contributed by atoms with Gasteiger partial charge >= 0.3 is 0 Å². The molecule has 7 heteroatoms. The van der Waals surface area contributed by atoms with E-state index in [0.717, 1.165) is 44.8 Å². The first kappa shape index (κ1) is 19.8. The zero-order chi connectivity index (χ0) is 20.1. The minimum atomic E-state index is 0.0228. The number of amides is 1. The Kier molecular flexibility index (Phi) is 6.36. The van der Waals surface area contributed by atoms with Crippen molar-refractivity contribution in [1.29, 1.82) is 0 Å². The van der Waals surface area contributed by atoms with Crippen LogP contribution in [0.2, 0.25) is 0 Å². The summed E-state index contributed by atoms with van der Waals surface area (Å²) in [4.78, 5) is 19.3. The van der Waals surface area contributed by atoms with E-state index in [4.69, 9.17) is 0 Å². The fourth-order valence-electron chi connectivity index (χ4n) is 3.11. The maximum Gasteiger partial charge on any atom is 0.254 e. The molecule has 0 saturated carbocycles. The van der Waals surface area contributed by atoms with E-state index in [2.05, 4.69) is 10.1 Å². The van der Waals surface area contributed by atoms with Gasteiger partial charge in [-0.25, -0.2) is 4.68 Å². The molecular formula is C22H22N4OS2. The van der Waals surface area contributed by atoms with Gasteiger partial charge in [0.05, 0.1) is 18.4 Å². The summed E-state index contributed by atoms with van der Waals surface area (Å²) in [5, 5.41) is 4.42. The minimum absolute atomic E-state index is 0.0228. The molecule has 5 nitrogen and oxygen atoms in total. The van der Waals surface area contributed by atoms with Gasteiger partial charge in [0.1, 0.15) is 4.38 Å². The van der Waals surface area contributed by atoms with Gasteiger partial charge in [-0.3, -0.25) is 9.79 Å². The van der Waals surface area contributed by atoms with Crippen LogP contribution in [0.1, 0.15) is 21.5 Å². The van der Waals surface area contributed by atoms with E-state index in [1.807, 2.05) is 78.7 Å². The molecule has 0 saturated heterocycles. The molecule has 0 atom stereocenters. The lowest BCUT2D eigenvalue weighted by Gasteiger charge is -2.18. The van der Waals surface area contributed by atoms with E-state index >= 15 is 0 Å². The highest BCUT2D eigenvalue weighted by Gasteiger charge is 2.17. The van der Waals surface area contributed by atoms with Crippen molar-refractivity contribution in [2.75, 3.05) is 19.3 Å². The van der Waals surface area contributed by atoms with Gasteiger partial charge in [-0.15, -0.1) is 0 Å². The van der Waals surface area contributed by atoms with E-state index in [1.165, 1.54) is 0 Å². The number of aromatic nitrogens is 2. The molecule has 0 bridgehead atoms. The summed E-state index contributed by atoms with van der Waals surface area (Å²) < 4.78 is 2.95. The van der Waals surface area contributed by atoms with Crippen molar-refractivity contribution in [3.8, 4) is 5.69 Å². The Bertz CT molecular complexity index is 1020. The van der Waals surface area contributed by atoms with Gasteiger partial charge in [-0.05, 0) is 23.8 Å². The largest absolute Gasteiger partial charge is 0.337 e. The molecule has 1 aliphatic rings. The Balaban J connectivity index is 1.43. The summed E-state index contributed by atoms with van der Waals surface area (Å²) in [7, 11) is 1.84. The Morgan fingerprint density at radius 2 is 1.97 bits per heavy atom. The maximum absolute atomic E-state index is 13.1. The SMILES string of the molecule is CN(Cc1cnn(-c2ccccc2)c1)C(=O)c1ccccc1CSC1=NCCS1. The molecule has 0 unspecified atom stereocenters. The predicted molar refractivity (Wildman–Crippen MR) is 122 cm³/mol. The molecule has 4 rings (SSSR count). The third-order valence-electron chi connectivity index (χ3n) is 4.58. The molecule has 2 heterocycles. The Morgan fingerprint density at radius 3 is 2.76 bits per heavy atom. The van der Waals surface area contributed by atoms with Crippen LogP contribution in [0.15, 0.2) is 72.0 Å². The van der Waals surface area contributed by atoms with Crippen LogP contribution < -0.4 is 0 Å². The molecule has 0 radical (unpaired) electrons. The first-order chi connectivity index (χ1) is 14.2. The Labute approximate surface area is 179 Å². The van der Waals surface area contributed by atoms with Crippen LogP contribution in [-0.2, 0) is 12.3 Å². The van der Waals surface area contributed by atoms with Gasteiger partial charge in [0.15, 0.2) is 0 Å². The third kappa shape index (κ3) is 4.92. The fourth-order valence-corrected chi connectivity index (χ4v) is 5.13. The maximum atomic E-state index is 13.1. The summed E-state index contributed by atoms with van der Waals surface area (Å²) in [6, 6.07) is 17.8. The summed E-state index contributed by atoms with van der Waals surface area (Å²) in [5.41, 5.74) is 3.79. The molecule has 1 amide bonds. The van der Waals surface area contributed by atoms with Crippen molar-refractivity contribution in [1.82, 2.24) is 14.7 Å². The molecule has 2 aromatic carbocycles. The number of hydrogen-bond donors (Lipinski definition) is 0. The molecule has 0 spiro atoms. The lowest BCUT2D eigenvalue weighted by atomic mass is 10.1. The second-order valence-electron chi connectivity index (χ2n) is 6.73. The molecular weight excluding hydrogens is 400 g/mol. The fraction of sp³-hybridized carbons (Fsp3) is 0.227. The average molecular weight is 423 g/mol. The van der Waals surface area contributed by atoms with Gasteiger partial charge in [-0.2, -0.15) is 5.10 Å². The van der Waals surface area contributed by atoms with Crippen molar-refractivity contribution >= 4 is 33.8 Å². The number of benzene rings is 2. The molecule has 1 aliphatic heterocycles. The van der Waals surface area contributed by atoms with E-state index < -0.39 is 0 Å². The molecule has 0 fully saturated rings. The van der Waals surface area contributed by atoms with Crippen molar-refractivity contribution in [3.05, 3.63) is 83.7 Å². The molecule has 0 aliphatic carbocycles. The zero-order valence-electron chi connectivity index (χ0n) is 16.2. The summed E-state index contributed by atoms with van der Waals surface area (Å²) in [6.45, 7) is 1.41. The summed E-state index contributed by atoms with van der Waals surface area (Å²) >= 11 is 3.51. The predicted octanol–water partition coefficient (Wildman–Crippen LogP) is 4.48. The number of nitrogens with zero attached hydrogens (tertiary/aromatic N) is 4. The number of carbonyl (C=O) groups excluding carboxylic acids is 1. The van der Waals surface area contributed by atoms with Crippen LogP contribution in [0.4, 0.5) is 0 Å².